The zero-order valence-corrected chi connectivity index (χ0v) is 20.1. The second kappa shape index (κ2) is 12.1. The van der Waals surface area contributed by atoms with E-state index < -0.39 is 6.04 Å². The summed E-state index contributed by atoms with van der Waals surface area (Å²) in [6, 6.07) is 23.0. The lowest BCUT2D eigenvalue weighted by Crippen LogP contribution is -2.52. The van der Waals surface area contributed by atoms with Gasteiger partial charge in [-0.2, -0.15) is 0 Å². The van der Waals surface area contributed by atoms with Crippen LogP contribution in [-0.2, 0) is 29.0 Å². The number of nitrogens with zero attached hydrogens (tertiary/aromatic N) is 1. The molecule has 0 aliphatic carbocycles. The van der Waals surface area contributed by atoms with E-state index in [2.05, 4.69) is 5.32 Å². The number of hydrogen-bond donors (Lipinski definition) is 1. The summed E-state index contributed by atoms with van der Waals surface area (Å²) in [6.07, 6.45) is 1.29. The molecule has 34 heavy (non-hydrogen) atoms. The van der Waals surface area contributed by atoms with Crippen molar-refractivity contribution in [2.75, 3.05) is 0 Å². The zero-order valence-electron chi connectivity index (χ0n) is 20.1. The molecule has 3 aromatic carbocycles. The molecule has 0 aliphatic rings. The van der Waals surface area contributed by atoms with Gasteiger partial charge in [0.05, 0.1) is 6.42 Å². The van der Waals surface area contributed by atoms with E-state index in [1.54, 1.807) is 17.0 Å². The maximum atomic E-state index is 13.6. The highest BCUT2D eigenvalue weighted by atomic mass is 19.1. The summed E-state index contributed by atoms with van der Waals surface area (Å²) in [5.41, 5.74) is 3.74. The molecule has 0 saturated carbocycles. The molecule has 0 spiro atoms. The lowest BCUT2D eigenvalue weighted by Gasteiger charge is -2.32. The van der Waals surface area contributed by atoms with Crippen LogP contribution in [0.3, 0.4) is 0 Å². The lowest BCUT2D eigenvalue weighted by molar-refractivity contribution is -0.141. The highest BCUT2D eigenvalue weighted by Crippen LogP contribution is 2.18. The van der Waals surface area contributed by atoms with Crippen molar-refractivity contribution in [2.45, 2.75) is 58.7 Å². The monoisotopic (exact) mass is 460 g/mol. The molecule has 0 radical (unpaired) electrons. The molecule has 2 atom stereocenters. The number of carbonyl (C=O) groups is 2. The Kier molecular flexibility index (Phi) is 8.97. The van der Waals surface area contributed by atoms with E-state index in [1.165, 1.54) is 12.1 Å². The molecule has 0 bridgehead atoms. The van der Waals surface area contributed by atoms with Crippen LogP contribution in [0.4, 0.5) is 4.39 Å². The van der Waals surface area contributed by atoms with Crippen molar-refractivity contribution < 1.29 is 14.0 Å². The van der Waals surface area contributed by atoms with Gasteiger partial charge in [0, 0.05) is 19.0 Å². The minimum atomic E-state index is -0.676. The van der Waals surface area contributed by atoms with Crippen LogP contribution >= 0.6 is 0 Å². The molecule has 0 unspecified atom stereocenters. The topological polar surface area (TPSA) is 49.4 Å². The molecular formula is C29H33FN2O2. The third kappa shape index (κ3) is 7.27. The Morgan fingerprint density at radius 1 is 0.912 bits per heavy atom. The van der Waals surface area contributed by atoms with Crippen molar-refractivity contribution >= 4 is 11.8 Å². The summed E-state index contributed by atoms with van der Waals surface area (Å²) in [7, 11) is 0. The SMILES string of the molecule is CC[C@@H](C)NC(=O)[C@@H](Cc1ccccc1)N(Cc1cccc(C)c1)C(=O)Cc1ccc(F)cc1. The number of nitrogens with one attached hydrogen (secondary N) is 1. The zero-order chi connectivity index (χ0) is 24.5. The average Bonchev–Trinajstić information content (AvgIpc) is 2.83. The van der Waals surface area contributed by atoms with Crippen LogP contribution in [0.25, 0.3) is 0 Å². The van der Waals surface area contributed by atoms with E-state index in [0.717, 1.165) is 23.1 Å². The van der Waals surface area contributed by atoms with Crippen LogP contribution in [0.15, 0.2) is 78.9 Å². The first kappa shape index (κ1) is 25.2. The Morgan fingerprint density at radius 2 is 1.59 bits per heavy atom. The second-order valence-electron chi connectivity index (χ2n) is 8.84. The fraction of sp³-hybridized carbons (Fsp3) is 0.310. The predicted octanol–water partition coefficient (Wildman–Crippen LogP) is 5.23. The Balaban J connectivity index is 1.96. The Bertz CT molecular complexity index is 1080. The van der Waals surface area contributed by atoms with Crippen LogP contribution in [0.2, 0.25) is 0 Å². The van der Waals surface area contributed by atoms with Crippen molar-refractivity contribution in [3.8, 4) is 0 Å². The lowest BCUT2D eigenvalue weighted by atomic mass is 10.0. The van der Waals surface area contributed by atoms with Gasteiger partial charge in [-0.25, -0.2) is 4.39 Å². The van der Waals surface area contributed by atoms with Gasteiger partial charge in [-0.3, -0.25) is 9.59 Å². The number of benzene rings is 3. The number of carbonyl (C=O) groups excluding carboxylic acids is 2. The first-order chi connectivity index (χ1) is 16.4. The molecule has 3 aromatic rings. The summed E-state index contributed by atoms with van der Waals surface area (Å²) in [5.74, 6) is -0.686. The maximum absolute atomic E-state index is 13.6. The summed E-state index contributed by atoms with van der Waals surface area (Å²) in [6.45, 7) is 6.29. The smallest absolute Gasteiger partial charge is 0.243 e. The maximum Gasteiger partial charge on any atom is 0.243 e. The highest BCUT2D eigenvalue weighted by molar-refractivity contribution is 5.89. The molecule has 0 saturated heterocycles. The van der Waals surface area contributed by atoms with Crippen molar-refractivity contribution in [3.63, 3.8) is 0 Å². The fourth-order valence-corrected chi connectivity index (χ4v) is 3.88. The van der Waals surface area contributed by atoms with Crippen LogP contribution in [0.5, 0.6) is 0 Å². The summed E-state index contributed by atoms with van der Waals surface area (Å²) < 4.78 is 13.4. The Morgan fingerprint density at radius 3 is 2.24 bits per heavy atom. The van der Waals surface area contributed by atoms with Crippen molar-refractivity contribution in [1.82, 2.24) is 10.2 Å². The molecule has 5 heteroatoms. The number of rotatable bonds is 10. The second-order valence-corrected chi connectivity index (χ2v) is 8.84. The third-order valence-electron chi connectivity index (χ3n) is 5.98. The quantitative estimate of drug-likeness (QED) is 0.450. The van der Waals surface area contributed by atoms with E-state index in [4.69, 9.17) is 0 Å². The van der Waals surface area contributed by atoms with Gasteiger partial charge in [-0.1, -0.05) is 79.2 Å². The van der Waals surface area contributed by atoms with Gasteiger partial charge in [-0.05, 0) is 49.1 Å². The van der Waals surface area contributed by atoms with Gasteiger partial charge in [0.1, 0.15) is 11.9 Å². The van der Waals surface area contributed by atoms with E-state index in [0.29, 0.717) is 18.5 Å². The van der Waals surface area contributed by atoms with Gasteiger partial charge >= 0.3 is 0 Å². The highest BCUT2D eigenvalue weighted by Gasteiger charge is 2.31. The number of aryl methyl sites for hydroxylation is 1. The Labute approximate surface area is 201 Å². The van der Waals surface area contributed by atoms with Crippen molar-refractivity contribution in [2.24, 2.45) is 0 Å². The standard InChI is InChI=1S/C29H33FN2O2/c1-4-22(3)31-29(34)27(18-23-10-6-5-7-11-23)32(20-25-12-8-9-21(2)17-25)28(33)19-24-13-15-26(30)16-14-24/h5-17,22,27H,4,18-20H2,1-3H3,(H,31,34)/t22-,27-/m1/s1. The van der Waals surface area contributed by atoms with E-state index in [9.17, 15) is 14.0 Å². The first-order valence-electron chi connectivity index (χ1n) is 11.8. The molecular weight excluding hydrogens is 427 g/mol. The first-order valence-corrected chi connectivity index (χ1v) is 11.8. The minimum Gasteiger partial charge on any atom is -0.352 e. The molecule has 1 N–H and O–H groups in total. The summed E-state index contributed by atoms with van der Waals surface area (Å²) in [4.78, 5) is 28.8. The minimum absolute atomic E-state index is 0.00112. The van der Waals surface area contributed by atoms with Crippen molar-refractivity contribution in [3.05, 3.63) is 107 Å². The van der Waals surface area contributed by atoms with Gasteiger partial charge in [0.25, 0.3) is 0 Å². The van der Waals surface area contributed by atoms with E-state index in [-0.39, 0.29) is 30.1 Å². The number of hydrogen-bond acceptors (Lipinski definition) is 2. The van der Waals surface area contributed by atoms with Crippen LogP contribution in [0, 0.1) is 12.7 Å². The van der Waals surface area contributed by atoms with Gasteiger partial charge < -0.3 is 10.2 Å². The third-order valence-corrected chi connectivity index (χ3v) is 5.98. The van der Waals surface area contributed by atoms with E-state index in [1.807, 2.05) is 75.4 Å². The molecule has 2 amide bonds. The Hall–Kier alpha value is -3.47. The summed E-state index contributed by atoms with van der Waals surface area (Å²) in [5, 5.41) is 3.07. The summed E-state index contributed by atoms with van der Waals surface area (Å²) >= 11 is 0. The van der Waals surface area contributed by atoms with Gasteiger partial charge in [0.15, 0.2) is 0 Å². The fourth-order valence-electron chi connectivity index (χ4n) is 3.88. The molecule has 0 heterocycles. The van der Waals surface area contributed by atoms with Gasteiger partial charge in [-0.15, -0.1) is 0 Å². The molecule has 3 rings (SSSR count). The predicted molar refractivity (Wildman–Crippen MR) is 134 cm³/mol. The molecule has 0 fully saturated rings. The molecule has 178 valence electrons. The van der Waals surface area contributed by atoms with Crippen LogP contribution < -0.4 is 5.32 Å². The number of halogens is 1. The van der Waals surface area contributed by atoms with Crippen LogP contribution in [0.1, 0.15) is 42.5 Å². The van der Waals surface area contributed by atoms with Gasteiger partial charge in [0.2, 0.25) is 11.8 Å². The van der Waals surface area contributed by atoms with E-state index >= 15 is 0 Å². The number of amides is 2. The van der Waals surface area contributed by atoms with Crippen LogP contribution in [-0.4, -0.2) is 28.8 Å². The largest absolute Gasteiger partial charge is 0.352 e. The molecule has 0 aromatic heterocycles. The normalized spacial score (nSPS) is 12.6. The molecule has 4 nitrogen and oxygen atoms in total. The molecule has 0 aliphatic heterocycles. The average molecular weight is 461 g/mol. The van der Waals surface area contributed by atoms with Crippen molar-refractivity contribution in [1.29, 1.82) is 0 Å².